The molecule has 1 atom stereocenters. The van der Waals surface area contributed by atoms with Crippen LogP contribution in [0.3, 0.4) is 0 Å². The lowest BCUT2D eigenvalue weighted by Gasteiger charge is -2.22. The Morgan fingerprint density at radius 2 is 1.95 bits per heavy atom. The van der Waals surface area contributed by atoms with E-state index in [-0.39, 0.29) is 5.78 Å². The van der Waals surface area contributed by atoms with E-state index in [1.807, 2.05) is 0 Å². The van der Waals surface area contributed by atoms with E-state index >= 15 is 0 Å². The fraction of sp³-hybridized carbons (Fsp3) is 0.533. The molecule has 1 fully saturated rings. The molecule has 1 aliphatic heterocycles. The van der Waals surface area contributed by atoms with E-state index in [9.17, 15) is 4.79 Å². The van der Waals surface area contributed by atoms with Gasteiger partial charge in [0.05, 0.1) is 14.2 Å². The summed E-state index contributed by atoms with van der Waals surface area (Å²) in [7, 11) is 3.18. The monoisotopic (exact) mass is 263 g/mol. The minimum atomic E-state index is 0.158. The number of rotatable bonds is 5. The number of hydrogen-bond donors (Lipinski definition) is 1. The smallest absolute Gasteiger partial charge is 0.163 e. The van der Waals surface area contributed by atoms with Crippen LogP contribution in [0, 0.1) is 5.92 Å². The maximum atomic E-state index is 12.3. The van der Waals surface area contributed by atoms with Crippen molar-refractivity contribution in [1.29, 1.82) is 0 Å². The standard InChI is InChI=1S/C15H21NO3/c1-18-13-7-12(8-14(9-13)19-2)15(17)6-11-4-3-5-16-10-11/h7-9,11,16H,3-6,10H2,1-2H3. The summed E-state index contributed by atoms with van der Waals surface area (Å²) in [5.74, 6) is 1.92. The molecule has 1 N–H and O–H groups in total. The summed E-state index contributed by atoms with van der Waals surface area (Å²) >= 11 is 0. The fourth-order valence-electron chi connectivity index (χ4n) is 2.45. The molecular weight excluding hydrogens is 242 g/mol. The van der Waals surface area contributed by atoms with E-state index in [1.165, 1.54) is 0 Å². The first kappa shape index (κ1) is 13.9. The van der Waals surface area contributed by atoms with E-state index in [4.69, 9.17) is 9.47 Å². The van der Waals surface area contributed by atoms with Crippen molar-refractivity contribution in [1.82, 2.24) is 5.32 Å². The summed E-state index contributed by atoms with van der Waals surface area (Å²) in [4.78, 5) is 12.3. The van der Waals surface area contributed by atoms with Gasteiger partial charge in [0, 0.05) is 18.1 Å². The first-order valence-electron chi connectivity index (χ1n) is 6.70. The molecule has 1 heterocycles. The van der Waals surface area contributed by atoms with E-state index in [2.05, 4.69) is 5.32 Å². The van der Waals surface area contributed by atoms with Crippen LogP contribution in [0.4, 0.5) is 0 Å². The van der Waals surface area contributed by atoms with Crippen LogP contribution in [0.2, 0.25) is 0 Å². The molecule has 4 heteroatoms. The van der Waals surface area contributed by atoms with Gasteiger partial charge in [-0.25, -0.2) is 0 Å². The summed E-state index contributed by atoms with van der Waals surface area (Å²) < 4.78 is 10.4. The van der Waals surface area contributed by atoms with Crippen LogP contribution in [0.15, 0.2) is 18.2 Å². The third-order valence-electron chi connectivity index (χ3n) is 3.55. The molecule has 0 saturated carbocycles. The first-order valence-corrected chi connectivity index (χ1v) is 6.70. The Hall–Kier alpha value is -1.55. The second kappa shape index (κ2) is 6.57. The third kappa shape index (κ3) is 3.70. The third-order valence-corrected chi connectivity index (χ3v) is 3.55. The van der Waals surface area contributed by atoms with E-state index in [0.717, 1.165) is 25.9 Å². The van der Waals surface area contributed by atoms with Gasteiger partial charge < -0.3 is 14.8 Å². The summed E-state index contributed by atoms with van der Waals surface area (Å²) in [6.45, 7) is 2.00. The van der Waals surface area contributed by atoms with Crippen LogP contribution in [-0.4, -0.2) is 33.1 Å². The number of benzene rings is 1. The Labute approximate surface area is 114 Å². The molecule has 0 aromatic heterocycles. The van der Waals surface area contributed by atoms with Gasteiger partial charge in [0.15, 0.2) is 5.78 Å². The number of hydrogen-bond acceptors (Lipinski definition) is 4. The van der Waals surface area contributed by atoms with Crippen LogP contribution in [0.25, 0.3) is 0 Å². The number of carbonyl (C=O) groups is 1. The molecular formula is C15H21NO3. The number of methoxy groups -OCH3 is 2. The number of nitrogens with one attached hydrogen (secondary N) is 1. The van der Waals surface area contributed by atoms with Crippen LogP contribution >= 0.6 is 0 Å². The maximum Gasteiger partial charge on any atom is 0.163 e. The van der Waals surface area contributed by atoms with Gasteiger partial charge >= 0.3 is 0 Å². The minimum Gasteiger partial charge on any atom is -0.497 e. The molecule has 0 aliphatic carbocycles. The average molecular weight is 263 g/mol. The summed E-state index contributed by atoms with van der Waals surface area (Å²) in [6, 6.07) is 5.33. The zero-order chi connectivity index (χ0) is 13.7. The molecule has 0 spiro atoms. The Kier molecular flexibility index (Phi) is 4.80. The van der Waals surface area contributed by atoms with Gasteiger partial charge in [0.1, 0.15) is 11.5 Å². The second-order valence-corrected chi connectivity index (χ2v) is 4.94. The quantitative estimate of drug-likeness (QED) is 0.828. The van der Waals surface area contributed by atoms with Crippen molar-refractivity contribution in [3.63, 3.8) is 0 Å². The van der Waals surface area contributed by atoms with Crippen molar-refractivity contribution in [2.45, 2.75) is 19.3 Å². The average Bonchev–Trinajstić information content (AvgIpc) is 2.47. The summed E-state index contributed by atoms with van der Waals surface area (Å²) in [5, 5.41) is 3.34. The van der Waals surface area contributed by atoms with Gasteiger partial charge in [-0.2, -0.15) is 0 Å². The van der Waals surface area contributed by atoms with Gasteiger partial charge in [0.25, 0.3) is 0 Å². The van der Waals surface area contributed by atoms with Gasteiger partial charge in [-0.3, -0.25) is 4.79 Å². The highest BCUT2D eigenvalue weighted by Gasteiger charge is 2.18. The van der Waals surface area contributed by atoms with Crippen molar-refractivity contribution in [2.75, 3.05) is 27.3 Å². The molecule has 0 amide bonds. The number of ketones is 1. The predicted octanol–water partition coefficient (Wildman–Crippen LogP) is 2.28. The molecule has 0 radical (unpaired) electrons. The molecule has 104 valence electrons. The first-order chi connectivity index (χ1) is 9.22. The second-order valence-electron chi connectivity index (χ2n) is 4.94. The predicted molar refractivity (Wildman–Crippen MR) is 74.1 cm³/mol. The SMILES string of the molecule is COc1cc(OC)cc(C(=O)CC2CCCNC2)c1. The maximum absolute atomic E-state index is 12.3. The molecule has 1 saturated heterocycles. The summed E-state index contributed by atoms with van der Waals surface area (Å²) in [6.07, 6.45) is 2.86. The normalized spacial score (nSPS) is 18.9. The molecule has 1 aromatic rings. The van der Waals surface area contributed by atoms with E-state index < -0.39 is 0 Å². The Morgan fingerprint density at radius 1 is 1.26 bits per heavy atom. The minimum absolute atomic E-state index is 0.158. The molecule has 1 unspecified atom stereocenters. The zero-order valence-electron chi connectivity index (χ0n) is 11.6. The van der Waals surface area contributed by atoms with Crippen LogP contribution in [-0.2, 0) is 0 Å². The molecule has 4 nitrogen and oxygen atoms in total. The van der Waals surface area contributed by atoms with E-state index in [0.29, 0.717) is 29.4 Å². The lowest BCUT2D eigenvalue weighted by Crippen LogP contribution is -2.31. The van der Waals surface area contributed by atoms with Crippen LogP contribution in [0.5, 0.6) is 11.5 Å². The fourth-order valence-corrected chi connectivity index (χ4v) is 2.45. The van der Waals surface area contributed by atoms with E-state index in [1.54, 1.807) is 32.4 Å². The number of carbonyl (C=O) groups excluding carboxylic acids is 1. The Bertz CT molecular complexity index is 417. The summed E-state index contributed by atoms with van der Waals surface area (Å²) in [5.41, 5.74) is 0.668. The highest BCUT2D eigenvalue weighted by molar-refractivity contribution is 5.97. The number of ether oxygens (including phenoxy) is 2. The number of Topliss-reactive ketones (excluding diaryl/α,β-unsaturated/α-hetero) is 1. The van der Waals surface area contributed by atoms with Crippen molar-refractivity contribution >= 4 is 5.78 Å². The van der Waals surface area contributed by atoms with Crippen molar-refractivity contribution in [2.24, 2.45) is 5.92 Å². The highest BCUT2D eigenvalue weighted by atomic mass is 16.5. The highest BCUT2D eigenvalue weighted by Crippen LogP contribution is 2.25. The molecule has 2 rings (SSSR count). The van der Waals surface area contributed by atoms with Crippen molar-refractivity contribution < 1.29 is 14.3 Å². The van der Waals surface area contributed by atoms with Crippen LogP contribution < -0.4 is 14.8 Å². The van der Waals surface area contributed by atoms with Gasteiger partial charge in [-0.15, -0.1) is 0 Å². The van der Waals surface area contributed by atoms with Crippen LogP contribution in [0.1, 0.15) is 29.6 Å². The zero-order valence-corrected chi connectivity index (χ0v) is 11.6. The Balaban J connectivity index is 2.08. The molecule has 0 bridgehead atoms. The van der Waals surface area contributed by atoms with Crippen molar-refractivity contribution in [3.8, 4) is 11.5 Å². The molecule has 19 heavy (non-hydrogen) atoms. The lowest BCUT2D eigenvalue weighted by molar-refractivity contribution is 0.0953. The van der Waals surface area contributed by atoms with Gasteiger partial charge in [0.2, 0.25) is 0 Å². The van der Waals surface area contributed by atoms with Gasteiger partial charge in [-0.1, -0.05) is 0 Å². The van der Waals surface area contributed by atoms with Crippen molar-refractivity contribution in [3.05, 3.63) is 23.8 Å². The lowest BCUT2D eigenvalue weighted by atomic mass is 9.92. The molecule has 1 aliphatic rings. The number of piperidine rings is 1. The largest absolute Gasteiger partial charge is 0.497 e. The Morgan fingerprint density at radius 3 is 2.47 bits per heavy atom. The topological polar surface area (TPSA) is 47.6 Å². The van der Waals surface area contributed by atoms with Gasteiger partial charge in [-0.05, 0) is 44.0 Å². The molecule has 1 aromatic carbocycles.